The molecule has 1 aromatic carbocycles. The highest BCUT2D eigenvalue weighted by Crippen LogP contribution is 2.32. The highest BCUT2D eigenvalue weighted by molar-refractivity contribution is 5.44. The third-order valence-electron chi connectivity index (χ3n) is 3.31. The summed E-state index contributed by atoms with van der Waals surface area (Å²) in [4.78, 5) is 4.09. The molecular formula is C14H18N4O2. The molecule has 0 spiro atoms. The molecule has 6 heteroatoms. The van der Waals surface area contributed by atoms with Crippen molar-refractivity contribution in [3.05, 3.63) is 35.9 Å². The predicted molar refractivity (Wildman–Crippen MR) is 73.7 cm³/mol. The van der Waals surface area contributed by atoms with Crippen LogP contribution in [0.25, 0.3) is 0 Å². The Labute approximate surface area is 117 Å². The average molecular weight is 274 g/mol. The van der Waals surface area contributed by atoms with Gasteiger partial charge in [0.1, 0.15) is 12.2 Å². The van der Waals surface area contributed by atoms with Gasteiger partial charge in [0.15, 0.2) is 11.5 Å². The van der Waals surface area contributed by atoms with Gasteiger partial charge in [-0.05, 0) is 24.6 Å². The Hall–Kier alpha value is -2.08. The van der Waals surface area contributed by atoms with Gasteiger partial charge < -0.3 is 14.8 Å². The lowest BCUT2D eigenvalue weighted by molar-refractivity contribution is 0.297. The minimum atomic E-state index is 0.192. The Bertz CT molecular complexity index is 556. The van der Waals surface area contributed by atoms with Crippen molar-refractivity contribution in [2.75, 3.05) is 13.2 Å². The van der Waals surface area contributed by atoms with Crippen LogP contribution in [-0.4, -0.2) is 28.4 Å². The number of H-pyrrole nitrogens is 1. The molecule has 106 valence electrons. The molecule has 0 amide bonds. The van der Waals surface area contributed by atoms with Crippen molar-refractivity contribution in [2.45, 2.75) is 25.9 Å². The quantitative estimate of drug-likeness (QED) is 0.889. The summed E-state index contributed by atoms with van der Waals surface area (Å²) in [6.45, 7) is 4.17. The maximum atomic E-state index is 5.71. The molecule has 1 aliphatic heterocycles. The van der Waals surface area contributed by atoms with Crippen molar-refractivity contribution in [1.29, 1.82) is 0 Å². The van der Waals surface area contributed by atoms with E-state index in [2.05, 4.69) is 33.5 Å². The molecule has 1 aromatic heterocycles. The summed E-state index contributed by atoms with van der Waals surface area (Å²) < 4.78 is 11.3. The summed E-state index contributed by atoms with van der Waals surface area (Å²) in [5, 5.41) is 10.1. The van der Waals surface area contributed by atoms with Gasteiger partial charge >= 0.3 is 0 Å². The van der Waals surface area contributed by atoms with E-state index in [9.17, 15) is 0 Å². The van der Waals surface area contributed by atoms with E-state index in [-0.39, 0.29) is 6.04 Å². The standard InChI is InChI=1S/C14H18N4O2/c1-10(15-8-14-16-9-17-18-14)11-3-4-12-13(7-11)20-6-2-5-19-12/h3-4,7,9-10,15H,2,5-6,8H2,1H3,(H,16,17,18). The van der Waals surface area contributed by atoms with E-state index in [1.165, 1.54) is 6.33 Å². The second kappa shape index (κ2) is 5.92. The zero-order valence-electron chi connectivity index (χ0n) is 11.4. The van der Waals surface area contributed by atoms with E-state index in [0.717, 1.165) is 29.3 Å². The number of rotatable bonds is 4. The molecular weight excluding hydrogens is 256 g/mol. The lowest BCUT2D eigenvalue weighted by Gasteiger charge is -2.15. The number of hydrogen-bond acceptors (Lipinski definition) is 5. The van der Waals surface area contributed by atoms with E-state index in [1.807, 2.05) is 12.1 Å². The molecule has 0 aliphatic carbocycles. The first-order chi connectivity index (χ1) is 9.83. The zero-order valence-corrected chi connectivity index (χ0v) is 11.4. The van der Waals surface area contributed by atoms with Gasteiger partial charge in [-0.1, -0.05) is 6.07 Å². The summed E-state index contributed by atoms with van der Waals surface area (Å²) in [5.41, 5.74) is 1.16. The number of nitrogens with one attached hydrogen (secondary N) is 2. The summed E-state index contributed by atoms with van der Waals surface area (Å²) >= 11 is 0. The number of fused-ring (bicyclic) bond motifs is 1. The molecule has 0 bridgehead atoms. The van der Waals surface area contributed by atoms with E-state index in [0.29, 0.717) is 19.8 Å². The summed E-state index contributed by atoms with van der Waals surface area (Å²) in [7, 11) is 0. The predicted octanol–water partition coefficient (Wildman–Crippen LogP) is 1.82. The van der Waals surface area contributed by atoms with Gasteiger partial charge in [-0.2, -0.15) is 5.10 Å². The average Bonchev–Trinajstić information content (AvgIpc) is 2.88. The van der Waals surface area contributed by atoms with Crippen molar-refractivity contribution in [3.8, 4) is 11.5 Å². The normalized spacial score (nSPS) is 15.7. The number of hydrogen-bond donors (Lipinski definition) is 2. The van der Waals surface area contributed by atoms with Crippen molar-refractivity contribution >= 4 is 0 Å². The highest BCUT2D eigenvalue weighted by Gasteiger charge is 2.13. The molecule has 1 atom stereocenters. The number of aromatic nitrogens is 3. The minimum absolute atomic E-state index is 0.192. The monoisotopic (exact) mass is 274 g/mol. The fraction of sp³-hybridized carbons (Fsp3) is 0.429. The Morgan fingerprint density at radius 3 is 2.95 bits per heavy atom. The maximum Gasteiger partial charge on any atom is 0.161 e. The van der Waals surface area contributed by atoms with E-state index in [4.69, 9.17) is 9.47 Å². The molecule has 0 saturated heterocycles. The fourth-order valence-corrected chi connectivity index (χ4v) is 2.13. The smallest absolute Gasteiger partial charge is 0.161 e. The molecule has 0 radical (unpaired) electrons. The molecule has 0 fully saturated rings. The van der Waals surface area contributed by atoms with Crippen molar-refractivity contribution in [2.24, 2.45) is 0 Å². The number of benzene rings is 1. The Balaban J connectivity index is 1.68. The molecule has 3 rings (SSSR count). The number of aromatic amines is 1. The van der Waals surface area contributed by atoms with Crippen LogP contribution in [0.4, 0.5) is 0 Å². The number of nitrogens with zero attached hydrogens (tertiary/aromatic N) is 2. The molecule has 2 aromatic rings. The highest BCUT2D eigenvalue weighted by atomic mass is 16.5. The Morgan fingerprint density at radius 2 is 2.15 bits per heavy atom. The van der Waals surface area contributed by atoms with Crippen LogP contribution in [0.1, 0.15) is 30.8 Å². The molecule has 20 heavy (non-hydrogen) atoms. The zero-order chi connectivity index (χ0) is 13.8. The van der Waals surface area contributed by atoms with E-state index < -0.39 is 0 Å². The third kappa shape index (κ3) is 2.91. The van der Waals surface area contributed by atoms with Crippen LogP contribution in [0.3, 0.4) is 0 Å². The molecule has 0 saturated carbocycles. The Morgan fingerprint density at radius 1 is 1.30 bits per heavy atom. The largest absolute Gasteiger partial charge is 0.490 e. The topological polar surface area (TPSA) is 72.1 Å². The fourth-order valence-electron chi connectivity index (χ4n) is 2.13. The molecule has 6 nitrogen and oxygen atoms in total. The van der Waals surface area contributed by atoms with E-state index in [1.54, 1.807) is 0 Å². The van der Waals surface area contributed by atoms with Gasteiger partial charge in [0, 0.05) is 12.5 Å². The first kappa shape index (κ1) is 12.9. The molecule has 2 heterocycles. The first-order valence-electron chi connectivity index (χ1n) is 6.80. The lowest BCUT2D eigenvalue weighted by atomic mass is 10.1. The summed E-state index contributed by atoms with van der Waals surface area (Å²) in [6, 6.07) is 6.27. The van der Waals surface area contributed by atoms with Crippen LogP contribution in [0, 0.1) is 0 Å². The van der Waals surface area contributed by atoms with Crippen LogP contribution < -0.4 is 14.8 Å². The van der Waals surface area contributed by atoms with Crippen molar-refractivity contribution < 1.29 is 9.47 Å². The molecule has 1 unspecified atom stereocenters. The maximum absolute atomic E-state index is 5.71. The van der Waals surface area contributed by atoms with Crippen LogP contribution in [0.5, 0.6) is 11.5 Å². The second-order valence-electron chi connectivity index (χ2n) is 4.79. The van der Waals surface area contributed by atoms with Crippen molar-refractivity contribution in [3.63, 3.8) is 0 Å². The summed E-state index contributed by atoms with van der Waals surface area (Å²) in [6.07, 6.45) is 2.43. The van der Waals surface area contributed by atoms with Gasteiger partial charge in [-0.25, -0.2) is 4.98 Å². The third-order valence-corrected chi connectivity index (χ3v) is 3.31. The van der Waals surface area contributed by atoms with Crippen LogP contribution in [0.15, 0.2) is 24.5 Å². The summed E-state index contributed by atoms with van der Waals surface area (Å²) in [5.74, 6) is 2.48. The van der Waals surface area contributed by atoms with Gasteiger partial charge in [0.25, 0.3) is 0 Å². The molecule has 2 N–H and O–H groups in total. The SMILES string of the molecule is CC(NCc1ncn[nH]1)c1ccc2c(c1)OCCCO2. The second-order valence-corrected chi connectivity index (χ2v) is 4.79. The number of ether oxygens (including phenoxy) is 2. The minimum Gasteiger partial charge on any atom is -0.490 e. The van der Waals surface area contributed by atoms with Crippen molar-refractivity contribution in [1.82, 2.24) is 20.5 Å². The molecule has 1 aliphatic rings. The van der Waals surface area contributed by atoms with Gasteiger partial charge in [0.2, 0.25) is 0 Å². The lowest BCUT2D eigenvalue weighted by Crippen LogP contribution is -2.19. The first-order valence-corrected chi connectivity index (χ1v) is 6.80. The van der Waals surface area contributed by atoms with Gasteiger partial charge in [-0.3, -0.25) is 5.10 Å². The van der Waals surface area contributed by atoms with E-state index >= 15 is 0 Å². The Kier molecular flexibility index (Phi) is 3.83. The van der Waals surface area contributed by atoms with Crippen LogP contribution in [0.2, 0.25) is 0 Å². The van der Waals surface area contributed by atoms with Crippen LogP contribution in [-0.2, 0) is 6.54 Å². The van der Waals surface area contributed by atoms with Crippen LogP contribution >= 0.6 is 0 Å². The van der Waals surface area contributed by atoms with Gasteiger partial charge in [0.05, 0.1) is 19.8 Å². The van der Waals surface area contributed by atoms with Gasteiger partial charge in [-0.15, -0.1) is 0 Å².